The molecule has 13 nitrogen and oxygen atoms in total. The van der Waals surface area contributed by atoms with Crippen LogP contribution < -0.4 is 15.4 Å². The summed E-state index contributed by atoms with van der Waals surface area (Å²) in [5.41, 5.74) is 11.7. The second kappa shape index (κ2) is 25.5. The minimum Gasteiger partial charge on any atom is -0.492 e. The summed E-state index contributed by atoms with van der Waals surface area (Å²) in [4.78, 5) is 61.8. The second-order valence-corrected chi connectivity index (χ2v) is 20.2. The molecule has 0 radical (unpaired) electrons. The first-order valence-electron chi connectivity index (χ1n) is 24.8. The summed E-state index contributed by atoms with van der Waals surface area (Å²) in [7, 11) is 1.68. The summed E-state index contributed by atoms with van der Waals surface area (Å²) < 4.78 is 17.3. The van der Waals surface area contributed by atoms with Crippen molar-refractivity contribution in [1.29, 1.82) is 0 Å². The van der Waals surface area contributed by atoms with Gasteiger partial charge < -0.3 is 39.8 Å². The van der Waals surface area contributed by atoms with Crippen LogP contribution in [0.25, 0.3) is 21.6 Å². The summed E-state index contributed by atoms with van der Waals surface area (Å²) in [5.74, 6) is -0.590. The number of carbonyl (C=O) groups excluding carboxylic acids is 4. The van der Waals surface area contributed by atoms with Crippen molar-refractivity contribution in [3.05, 3.63) is 178 Å². The van der Waals surface area contributed by atoms with Gasteiger partial charge in [-0.25, -0.2) is 9.78 Å². The van der Waals surface area contributed by atoms with E-state index in [1.807, 2.05) is 106 Å². The zero-order valence-corrected chi connectivity index (χ0v) is 43.5. The first kappa shape index (κ1) is 53.7. The Hall–Kier alpha value is -7.13. The van der Waals surface area contributed by atoms with Gasteiger partial charge in [0.2, 0.25) is 17.7 Å². The highest BCUT2D eigenvalue weighted by molar-refractivity contribution is 7.13. The van der Waals surface area contributed by atoms with Gasteiger partial charge in [-0.3, -0.25) is 14.4 Å². The molecule has 3 atom stereocenters. The van der Waals surface area contributed by atoms with Crippen LogP contribution in [0.1, 0.15) is 79.6 Å². The summed E-state index contributed by atoms with van der Waals surface area (Å²) in [6, 6.07) is 42.6. The fraction of sp³-hybridized carbons (Fsp3) is 0.339. The van der Waals surface area contributed by atoms with Crippen molar-refractivity contribution in [1.82, 2.24) is 25.4 Å². The molecule has 1 aliphatic heterocycles. The van der Waals surface area contributed by atoms with Gasteiger partial charge in [0, 0.05) is 33.0 Å². The molecule has 4 amide bonds. The van der Waals surface area contributed by atoms with Gasteiger partial charge in [-0.2, -0.15) is 0 Å². The van der Waals surface area contributed by atoms with E-state index < -0.39 is 41.5 Å². The number of ether oxygens (including phenoxy) is 3. The van der Waals surface area contributed by atoms with Crippen molar-refractivity contribution in [2.75, 3.05) is 40.0 Å². The molecular formula is C59H67N5O8S. The molecule has 6 aromatic rings. The third kappa shape index (κ3) is 14.7. The summed E-state index contributed by atoms with van der Waals surface area (Å²) >= 11 is 1.57. The van der Waals surface area contributed by atoms with Crippen molar-refractivity contribution in [2.24, 2.45) is 5.41 Å². The largest absolute Gasteiger partial charge is 0.492 e. The lowest BCUT2D eigenvalue weighted by atomic mass is 9.85. The number of thiazole rings is 1. The number of amides is 4. The maximum atomic E-state index is 14.1. The van der Waals surface area contributed by atoms with Crippen LogP contribution in [-0.2, 0) is 43.4 Å². The normalized spacial score (nSPS) is 15.2. The number of rotatable bonds is 21. The van der Waals surface area contributed by atoms with E-state index in [-0.39, 0.29) is 45.2 Å². The number of carbonyl (C=O) groups is 4. The van der Waals surface area contributed by atoms with E-state index in [2.05, 4.69) is 83.2 Å². The number of aliphatic hydroxyl groups excluding tert-OH is 1. The number of aryl methyl sites for hydroxylation is 1. The highest BCUT2D eigenvalue weighted by Crippen LogP contribution is 2.35. The molecular weight excluding hydrogens is 939 g/mol. The van der Waals surface area contributed by atoms with E-state index in [4.69, 9.17) is 14.2 Å². The number of aliphatic hydroxyl groups is 1. The standard InChI is InChI=1S/C59H67N5O8S/c1-7-50(44-14-10-8-11-15-44)53(45-16-12-9-13-17-45)46-26-28-49(29-27-46)71-33-31-63(6)58(69)72-32-30-41-18-20-43(21-19-41)37-70-38-52(66)62-55(59(3,4)5)57(68)64-36-48(65)34-51(64)56(67)60-35-42-22-24-47(25-23-42)54-40(2)61-39-73-54/h8-29,39,48,51,55,65H,7,30-38H2,1-6H3,(H,60,67)(H,62,66)/b53-50-/t48-,51+,55-/m1/s1. The Bertz CT molecular complexity index is 2790. The quantitative estimate of drug-likeness (QED) is 0.0597. The second-order valence-electron chi connectivity index (χ2n) is 19.4. The fourth-order valence-electron chi connectivity index (χ4n) is 8.81. The van der Waals surface area contributed by atoms with Gasteiger partial charge in [-0.1, -0.05) is 149 Å². The van der Waals surface area contributed by atoms with Crippen LogP contribution in [-0.4, -0.2) is 102 Å². The number of likely N-dealkylation sites (tertiary alicyclic amines) is 1. The minimum absolute atomic E-state index is 0.0218. The molecule has 73 heavy (non-hydrogen) atoms. The van der Waals surface area contributed by atoms with E-state index in [9.17, 15) is 24.3 Å². The predicted molar refractivity (Wildman–Crippen MR) is 286 cm³/mol. The van der Waals surface area contributed by atoms with Gasteiger partial charge in [0.15, 0.2) is 0 Å². The first-order chi connectivity index (χ1) is 35.2. The smallest absolute Gasteiger partial charge is 0.409 e. The maximum Gasteiger partial charge on any atom is 0.409 e. The zero-order chi connectivity index (χ0) is 51.9. The van der Waals surface area contributed by atoms with E-state index in [1.165, 1.54) is 26.5 Å². The highest BCUT2D eigenvalue weighted by atomic mass is 32.1. The van der Waals surface area contributed by atoms with Crippen LogP contribution in [0, 0.1) is 12.3 Å². The molecule has 1 fully saturated rings. The highest BCUT2D eigenvalue weighted by Gasteiger charge is 2.44. The van der Waals surface area contributed by atoms with Crippen LogP contribution in [0.15, 0.2) is 139 Å². The summed E-state index contributed by atoms with van der Waals surface area (Å²) in [6.45, 7) is 10.6. The fourth-order valence-corrected chi connectivity index (χ4v) is 9.62. The average molecular weight is 1010 g/mol. The third-order valence-electron chi connectivity index (χ3n) is 12.8. The van der Waals surface area contributed by atoms with Crippen molar-refractivity contribution in [2.45, 2.75) is 85.2 Å². The number of hydrogen-bond acceptors (Lipinski definition) is 10. The lowest BCUT2D eigenvalue weighted by Crippen LogP contribution is -2.58. The Kier molecular flexibility index (Phi) is 18.7. The Morgan fingerprint density at radius 1 is 0.822 bits per heavy atom. The molecule has 0 saturated carbocycles. The van der Waals surface area contributed by atoms with Gasteiger partial charge >= 0.3 is 6.09 Å². The van der Waals surface area contributed by atoms with Crippen LogP contribution >= 0.6 is 11.3 Å². The van der Waals surface area contributed by atoms with Gasteiger partial charge in [0.05, 0.1) is 41.9 Å². The molecule has 14 heteroatoms. The number of likely N-dealkylation sites (N-methyl/N-ethyl adjacent to an activating group) is 1. The molecule has 1 saturated heterocycles. The van der Waals surface area contributed by atoms with Crippen LogP contribution in [0.5, 0.6) is 5.75 Å². The SMILES string of the molecule is CC/C(=C(\c1ccccc1)c1ccc(OCCN(C)C(=O)OCCc2ccc(COCC(=O)N[C@H](C(=O)N3C[C@H](O)C[C@H]3C(=O)NCc3ccc(-c4scnc4C)cc3)C(C)(C)C)cc2)cc1)c1ccccc1. The van der Waals surface area contributed by atoms with Crippen molar-refractivity contribution in [3.63, 3.8) is 0 Å². The lowest BCUT2D eigenvalue weighted by molar-refractivity contribution is -0.144. The zero-order valence-electron chi connectivity index (χ0n) is 42.6. The Morgan fingerprint density at radius 3 is 2.08 bits per heavy atom. The average Bonchev–Trinajstić information content (AvgIpc) is 4.02. The number of benzene rings is 5. The molecule has 5 aromatic carbocycles. The van der Waals surface area contributed by atoms with E-state index in [1.54, 1.807) is 18.4 Å². The van der Waals surface area contributed by atoms with Gasteiger partial charge in [-0.15, -0.1) is 11.3 Å². The molecule has 3 N–H and O–H groups in total. The molecule has 0 unspecified atom stereocenters. The number of β-amino-alcohol motifs (C(OH)–C–C–N with tert-alkyl or cyclic N) is 1. The van der Waals surface area contributed by atoms with Crippen molar-refractivity contribution in [3.8, 4) is 16.2 Å². The summed E-state index contributed by atoms with van der Waals surface area (Å²) in [6.07, 6.45) is 0.157. The van der Waals surface area contributed by atoms with Crippen LogP contribution in [0.3, 0.4) is 0 Å². The molecule has 0 spiro atoms. The van der Waals surface area contributed by atoms with Crippen molar-refractivity contribution >= 4 is 46.3 Å². The monoisotopic (exact) mass is 1010 g/mol. The van der Waals surface area contributed by atoms with Crippen LogP contribution in [0.4, 0.5) is 4.79 Å². The predicted octanol–water partition coefficient (Wildman–Crippen LogP) is 9.50. The van der Waals surface area contributed by atoms with E-state index in [0.717, 1.165) is 50.4 Å². The number of nitrogens with zero attached hydrogens (tertiary/aromatic N) is 3. The van der Waals surface area contributed by atoms with Gasteiger partial charge in [-0.05, 0) is 81.0 Å². The van der Waals surface area contributed by atoms with Gasteiger partial charge in [0.1, 0.15) is 31.0 Å². The maximum absolute atomic E-state index is 14.1. The topological polar surface area (TPSA) is 160 Å². The van der Waals surface area contributed by atoms with E-state index in [0.29, 0.717) is 25.3 Å². The first-order valence-corrected chi connectivity index (χ1v) is 25.7. The number of nitrogens with one attached hydrogen (secondary N) is 2. The molecule has 382 valence electrons. The number of hydrogen-bond donors (Lipinski definition) is 3. The molecule has 1 aromatic heterocycles. The molecule has 7 rings (SSSR count). The molecule has 0 bridgehead atoms. The number of aromatic nitrogens is 1. The summed E-state index contributed by atoms with van der Waals surface area (Å²) in [5, 5.41) is 16.4. The number of allylic oxidation sites excluding steroid dienone is 1. The third-order valence-corrected chi connectivity index (χ3v) is 13.8. The molecule has 2 heterocycles. The lowest BCUT2D eigenvalue weighted by Gasteiger charge is -2.35. The Balaban J connectivity index is 0.812. The van der Waals surface area contributed by atoms with E-state index >= 15 is 0 Å². The Morgan fingerprint density at radius 2 is 1.45 bits per heavy atom. The van der Waals surface area contributed by atoms with Crippen LogP contribution in [0.2, 0.25) is 0 Å². The van der Waals surface area contributed by atoms with Crippen molar-refractivity contribution < 1.29 is 38.5 Å². The van der Waals surface area contributed by atoms with Gasteiger partial charge in [0.25, 0.3) is 0 Å². The molecule has 0 aliphatic carbocycles. The minimum atomic E-state index is -0.978. The molecule has 1 aliphatic rings. The Labute approximate surface area is 433 Å².